The Morgan fingerprint density at radius 3 is 2.68 bits per heavy atom. The number of likely N-dealkylation sites (tertiary alicyclic amines) is 1. The van der Waals surface area contributed by atoms with E-state index in [2.05, 4.69) is 15.4 Å². The van der Waals surface area contributed by atoms with Crippen LogP contribution >= 0.6 is 0 Å². The van der Waals surface area contributed by atoms with E-state index in [1.54, 1.807) is 22.5 Å². The molecule has 4 heterocycles. The fourth-order valence-electron chi connectivity index (χ4n) is 4.29. The average molecular weight is 377 g/mol. The summed E-state index contributed by atoms with van der Waals surface area (Å²) in [4.78, 5) is 27.5. The minimum atomic E-state index is -0.324. The van der Waals surface area contributed by atoms with Gasteiger partial charge in [0, 0.05) is 31.3 Å². The molecule has 0 unspecified atom stereocenters. The standard InChI is InChI=1S/C20H19N5O3/c1-13-11-15(23-28-13)17(26)24-9-7-20(12-24)8-10-25-18(27)16(21-22-19(20)25)14-5-3-2-4-6-14/h2-6,11H,7-10,12H2,1H3/t20-/m1/s1. The van der Waals surface area contributed by atoms with Crippen LogP contribution in [0.5, 0.6) is 0 Å². The first-order valence-electron chi connectivity index (χ1n) is 9.33. The normalized spacial score (nSPS) is 20.7. The van der Waals surface area contributed by atoms with E-state index >= 15 is 0 Å². The lowest BCUT2D eigenvalue weighted by Crippen LogP contribution is -2.35. The fourth-order valence-corrected chi connectivity index (χ4v) is 4.29. The third-order valence-electron chi connectivity index (χ3n) is 5.77. The highest BCUT2D eigenvalue weighted by Crippen LogP contribution is 2.41. The van der Waals surface area contributed by atoms with Gasteiger partial charge in [0.1, 0.15) is 11.6 Å². The molecule has 0 bridgehead atoms. The van der Waals surface area contributed by atoms with Gasteiger partial charge < -0.3 is 9.42 Å². The Hall–Kier alpha value is -3.29. The van der Waals surface area contributed by atoms with Crippen molar-refractivity contribution in [3.63, 3.8) is 0 Å². The molecule has 8 heteroatoms. The number of rotatable bonds is 2. The average Bonchev–Trinajstić information content (AvgIpc) is 3.43. The molecule has 0 radical (unpaired) electrons. The van der Waals surface area contributed by atoms with Gasteiger partial charge in [-0.1, -0.05) is 35.5 Å². The van der Waals surface area contributed by atoms with Crippen LogP contribution in [0.25, 0.3) is 11.3 Å². The molecule has 0 saturated carbocycles. The van der Waals surface area contributed by atoms with Crippen molar-refractivity contribution in [2.75, 3.05) is 13.1 Å². The van der Waals surface area contributed by atoms with E-state index in [0.29, 0.717) is 42.6 Å². The Kier molecular flexibility index (Phi) is 3.68. The maximum absolute atomic E-state index is 13.0. The summed E-state index contributed by atoms with van der Waals surface area (Å²) < 4.78 is 6.75. The van der Waals surface area contributed by atoms with Gasteiger partial charge in [0.15, 0.2) is 11.4 Å². The quantitative estimate of drug-likeness (QED) is 0.676. The van der Waals surface area contributed by atoms with E-state index in [0.717, 1.165) is 18.4 Å². The second-order valence-corrected chi connectivity index (χ2v) is 7.52. The molecule has 2 aromatic heterocycles. The van der Waals surface area contributed by atoms with Crippen LogP contribution in [0.15, 0.2) is 45.7 Å². The van der Waals surface area contributed by atoms with E-state index in [1.165, 1.54) is 0 Å². The lowest BCUT2D eigenvalue weighted by Gasteiger charge is -2.22. The third-order valence-corrected chi connectivity index (χ3v) is 5.77. The van der Waals surface area contributed by atoms with Crippen molar-refractivity contribution in [3.8, 4) is 11.3 Å². The van der Waals surface area contributed by atoms with Gasteiger partial charge in [0.25, 0.3) is 11.5 Å². The van der Waals surface area contributed by atoms with E-state index in [9.17, 15) is 9.59 Å². The van der Waals surface area contributed by atoms with Crippen LogP contribution in [0.2, 0.25) is 0 Å². The van der Waals surface area contributed by atoms with Crippen molar-refractivity contribution in [2.24, 2.45) is 0 Å². The zero-order chi connectivity index (χ0) is 19.3. The molecular weight excluding hydrogens is 358 g/mol. The number of carbonyl (C=O) groups is 1. The summed E-state index contributed by atoms with van der Waals surface area (Å²) in [5, 5.41) is 12.5. The number of amides is 1. The number of hydrogen-bond acceptors (Lipinski definition) is 6. The highest BCUT2D eigenvalue weighted by molar-refractivity contribution is 5.92. The number of carbonyl (C=O) groups excluding carboxylic acids is 1. The topological polar surface area (TPSA) is 94.1 Å². The van der Waals surface area contributed by atoms with Gasteiger partial charge in [0.05, 0.1) is 5.41 Å². The molecule has 0 aliphatic carbocycles. The Labute approximate surface area is 160 Å². The summed E-state index contributed by atoms with van der Waals surface area (Å²) in [7, 11) is 0. The maximum Gasteiger partial charge on any atom is 0.280 e. The van der Waals surface area contributed by atoms with Crippen molar-refractivity contribution in [1.82, 2.24) is 24.8 Å². The second kappa shape index (κ2) is 6.12. The first kappa shape index (κ1) is 16.9. The van der Waals surface area contributed by atoms with Gasteiger partial charge in [-0.2, -0.15) is 0 Å². The first-order valence-corrected chi connectivity index (χ1v) is 9.33. The molecule has 1 aromatic carbocycles. The van der Waals surface area contributed by atoms with Crippen LogP contribution in [-0.4, -0.2) is 43.8 Å². The number of aryl methyl sites for hydroxylation is 1. The molecule has 142 valence electrons. The van der Waals surface area contributed by atoms with E-state index in [1.807, 2.05) is 30.3 Å². The summed E-state index contributed by atoms with van der Waals surface area (Å²) in [6.07, 6.45) is 1.53. The Morgan fingerprint density at radius 1 is 1.14 bits per heavy atom. The van der Waals surface area contributed by atoms with Gasteiger partial charge in [0.2, 0.25) is 0 Å². The molecule has 3 aromatic rings. The predicted octanol–water partition coefficient (Wildman–Crippen LogP) is 1.79. The van der Waals surface area contributed by atoms with E-state index < -0.39 is 0 Å². The Balaban J connectivity index is 1.46. The molecule has 28 heavy (non-hydrogen) atoms. The third kappa shape index (κ3) is 2.48. The zero-order valence-electron chi connectivity index (χ0n) is 15.5. The van der Waals surface area contributed by atoms with Crippen molar-refractivity contribution >= 4 is 5.91 Å². The van der Waals surface area contributed by atoms with Gasteiger partial charge in [-0.3, -0.25) is 14.2 Å². The molecule has 2 aliphatic heterocycles. The van der Waals surface area contributed by atoms with Crippen LogP contribution < -0.4 is 5.56 Å². The van der Waals surface area contributed by atoms with Crippen molar-refractivity contribution in [2.45, 2.75) is 31.7 Å². The van der Waals surface area contributed by atoms with Crippen molar-refractivity contribution < 1.29 is 9.32 Å². The highest BCUT2D eigenvalue weighted by atomic mass is 16.5. The van der Waals surface area contributed by atoms with Gasteiger partial charge >= 0.3 is 0 Å². The lowest BCUT2D eigenvalue weighted by molar-refractivity contribution is 0.0772. The molecule has 1 fully saturated rings. The summed E-state index contributed by atoms with van der Waals surface area (Å²) in [6.45, 7) is 3.46. The summed E-state index contributed by atoms with van der Waals surface area (Å²) in [6, 6.07) is 11.0. The number of nitrogens with zero attached hydrogens (tertiary/aromatic N) is 5. The molecule has 1 spiro atoms. The molecule has 2 aliphatic rings. The Morgan fingerprint density at radius 2 is 1.93 bits per heavy atom. The minimum Gasteiger partial charge on any atom is -0.361 e. The smallest absolute Gasteiger partial charge is 0.280 e. The molecule has 0 N–H and O–H groups in total. The van der Waals surface area contributed by atoms with Crippen LogP contribution in [0, 0.1) is 6.92 Å². The lowest BCUT2D eigenvalue weighted by atomic mass is 9.85. The molecular formula is C20H19N5O3. The predicted molar refractivity (Wildman–Crippen MR) is 99.8 cm³/mol. The van der Waals surface area contributed by atoms with Gasteiger partial charge in [-0.25, -0.2) is 0 Å². The van der Waals surface area contributed by atoms with E-state index in [4.69, 9.17) is 4.52 Å². The minimum absolute atomic E-state index is 0.120. The summed E-state index contributed by atoms with van der Waals surface area (Å²) in [5.74, 6) is 1.14. The second-order valence-electron chi connectivity index (χ2n) is 7.52. The van der Waals surface area contributed by atoms with Crippen LogP contribution in [0.1, 0.15) is 34.9 Å². The number of fused-ring (bicyclic) bond motifs is 2. The molecule has 1 saturated heterocycles. The first-order chi connectivity index (χ1) is 13.6. The molecule has 1 atom stereocenters. The molecule has 5 rings (SSSR count). The largest absolute Gasteiger partial charge is 0.361 e. The number of benzene rings is 1. The van der Waals surface area contributed by atoms with Crippen LogP contribution in [0.4, 0.5) is 0 Å². The number of hydrogen-bond donors (Lipinski definition) is 0. The molecule has 8 nitrogen and oxygen atoms in total. The monoisotopic (exact) mass is 377 g/mol. The van der Waals surface area contributed by atoms with E-state index in [-0.39, 0.29) is 16.9 Å². The fraction of sp³-hybridized carbons (Fsp3) is 0.350. The number of aromatic nitrogens is 4. The summed E-state index contributed by atoms with van der Waals surface area (Å²) in [5.41, 5.74) is 1.00. The van der Waals surface area contributed by atoms with Gasteiger partial charge in [-0.15, -0.1) is 10.2 Å². The molecule has 1 amide bonds. The van der Waals surface area contributed by atoms with Crippen LogP contribution in [-0.2, 0) is 12.0 Å². The maximum atomic E-state index is 13.0. The van der Waals surface area contributed by atoms with Crippen molar-refractivity contribution in [1.29, 1.82) is 0 Å². The van der Waals surface area contributed by atoms with Crippen LogP contribution in [0.3, 0.4) is 0 Å². The SMILES string of the molecule is Cc1cc(C(=O)N2CC[C@@]3(CCn4c3nnc(-c3ccccc3)c4=O)C2)no1. The summed E-state index contributed by atoms with van der Waals surface area (Å²) >= 11 is 0. The van der Waals surface area contributed by atoms with Gasteiger partial charge in [-0.05, 0) is 19.8 Å². The highest BCUT2D eigenvalue weighted by Gasteiger charge is 2.48. The Bertz CT molecular complexity index is 1120. The zero-order valence-corrected chi connectivity index (χ0v) is 15.5. The van der Waals surface area contributed by atoms with Crippen molar-refractivity contribution in [3.05, 3.63) is 64.0 Å².